The molecule has 2 rings (SSSR count). The first-order chi connectivity index (χ1) is 16.6. The average molecular weight is 490 g/mol. The minimum Gasteiger partial charge on any atom is -0.351 e. The van der Waals surface area contributed by atoms with Gasteiger partial charge in [0.25, 0.3) is 0 Å². The largest absolute Gasteiger partial charge is 0.351 e. The lowest BCUT2D eigenvalue weighted by Crippen LogP contribution is -2.60. The van der Waals surface area contributed by atoms with Crippen molar-refractivity contribution in [3.63, 3.8) is 0 Å². The highest BCUT2D eigenvalue weighted by molar-refractivity contribution is 5.46. The molecule has 1 aromatic heterocycles. The Morgan fingerprint density at radius 1 is 0.686 bits per heavy atom. The Kier molecular flexibility index (Phi) is 12.0. The number of hydrogen-bond acceptors (Lipinski definition) is 7. The highest BCUT2D eigenvalue weighted by Gasteiger charge is 2.38. The molecule has 0 amide bonds. The van der Waals surface area contributed by atoms with Gasteiger partial charge in [0.15, 0.2) is 0 Å². The molecule has 0 aromatic carbocycles. The summed E-state index contributed by atoms with van der Waals surface area (Å²) in [6.45, 7) is 22.2. The van der Waals surface area contributed by atoms with Crippen molar-refractivity contribution in [3.05, 3.63) is 0 Å². The third-order valence-corrected chi connectivity index (χ3v) is 6.83. The molecule has 202 valence electrons. The van der Waals surface area contributed by atoms with E-state index in [4.69, 9.17) is 15.0 Å². The minimum absolute atomic E-state index is 0.0701. The van der Waals surface area contributed by atoms with Gasteiger partial charge in [0.1, 0.15) is 0 Å². The van der Waals surface area contributed by atoms with Gasteiger partial charge in [-0.3, -0.25) is 0 Å². The molecule has 0 radical (unpaired) electrons. The fourth-order valence-electron chi connectivity index (χ4n) is 5.33. The lowest BCUT2D eigenvalue weighted by Gasteiger charge is -2.46. The smallest absolute Gasteiger partial charge is 0.231 e. The molecule has 2 heterocycles. The van der Waals surface area contributed by atoms with Gasteiger partial charge >= 0.3 is 0 Å². The second kappa shape index (κ2) is 14.2. The number of rotatable bonds is 16. The van der Waals surface area contributed by atoms with Crippen molar-refractivity contribution in [2.75, 3.05) is 41.3 Å². The Morgan fingerprint density at radius 3 is 1.40 bits per heavy atom. The number of nitrogens with one attached hydrogen (secondary N) is 2. The number of nitrogens with zero attached hydrogens (tertiary/aromatic N) is 5. The standard InChI is InChI=1S/C28H55N7/c1-9-13-17-34(18-14-10-2)25-30-24(29-23-21-27(5,6)33-28(7,8)22-23)31-26(32-25)35(19-15-11-3)20-16-12-4/h23,33H,9-22H2,1-8H3,(H,29,30,31,32). The lowest BCUT2D eigenvalue weighted by molar-refractivity contribution is 0.170. The molecule has 1 aromatic rings. The van der Waals surface area contributed by atoms with Crippen LogP contribution in [-0.4, -0.2) is 58.3 Å². The third-order valence-electron chi connectivity index (χ3n) is 6.83. The van der Waals surface area contributed by atoms with Crippen molar-refractivity contribution in [2.24, 2.45) is 0 Å². The maximum atomic E-state index is 5.07. The van der Waals surface area contributed by atoms with Crippen LogP contribution in [0.15, 0.2) is 0 Å². The molecular weight excluding hydrogens is 434 g/mol. The van der Waals surface area contributed by atoms with Gasteiger partial charge in [0.05, 0.1) is 0 Å². The Bertz CT molecular complexity index is 664. The zero-order chi connectivity index (χ0) is 25.9. The summed E-state index contributed by atoms with van der Waals surface area (Å²) in [5, 5.41) is 7.54. The van der Waals surface area contributed by atoms with Crippen LogP contribution in [0.3, 0.4) is 0 Å². The van der Waals surface area contributed by atoms with E-state index >= 15 is 0 Å². The van der Waals surface area contributed by atoms with E-state index in [1.165, 1.54) is 25.7 Å². The van der Waals surface area contributed by atoms with E-state index in [9.17, 15) is 0 Å². The minimum atomic E-state index is 0.0701. The van der Waals surface area contributed by atoms with E-state index in [-0.39, 0.29) is 11.1 Å². The monoisotopic (exact) mass is 489 g/mol. The van der Waals surface area contributed by atoms with E-state index in [0.717, 1.165) is 82.5 Å². The zero-order valence-corrected chi connectivity index (χ0v) is 24.2. The number of piperidine rings is 1. The molecule has 1 fully saturated rings. The van der Waals surface area contributed by atoms with Crippen LogP contribution in [0.5, 0.6) is 0 Å². The summed E-state index contributed by atoms with van der Waals surface area (Å²) in [5.41, 5.74) is 0.140. The van der Waals surface area contributed by atoms with Crippen LogP contribution in [0, 0.1) is 0 Å². The summed E-state index contributed by atoms with van der Waals surface area (Å²) in [6.07, 6.45) is 11.4. The fourth-order valence-corrected chi connectivity index (χ4v) is 5.33. The molecule has 1 aliphatic heterocycles. The number of hydrogen-bond donors (Lipinski definition) is 2. The molecule has 7 heteroatoms. The third kappa shape index (κ3) is 10.1. The Hall–Kier alpha value is -1.63. The van der Waals surface area contributed by atoms with Crippen LogP contribution in [0.1, 0.15) is 120 Å². The number of unbranched alkanes of at least 4 members (excludes halogenated alkanes) is 4. The van der Waals surface area contributed by atoms with E-state index in [1.807, 2.05) is 0 Å². The first-order valence-electron chi connectivity index (χ1n) is 14.4. The van der Waals surface area contributed by atoms with E-state index in [1.54, 1.807) is 0 Å². The normalized spacial score (nSPS) is 17.4. The van der Waals surface area contributed by atoms with Gasteiger partial charge in [-0.2, -0.15) is 15.0 Å². The Labute approximate surface area is 216 Å². The van der Waals surface area contributed by atoms with Crippen molar-refractivity contribution in [3.8, 4) is 0 Å². The van der Waals surface area contributed by atoms with Gasteiger partial charge in [-0.25, -0.2) is 0 Å². The van der Waals surface area contributed by atoms with Crippen LogP contribution in [0.4, 0.5) is 17.8 Å². The second-order valence-electron chi connectivity index (χ2n) is 11.8. The summed E-state index contributed by atoms with van der Waals surface area (Å²) in [6, 6.07) is 0.323. The van der Waals surface area contributed by atoms with Crippen molar-refractivity contribution in [2.45, 2.75) is 137 Å². The second-order valence-corrected chi connectivity index (χ2v) is 11.8. The number of aromatic nitrogens is 3. The van der Waals surface area contributed by atoms with E-state index < -0.39 is 0 Å². The molecule has 0 spiro atoms. The van der Waals surface area contributed by atoms with Crippen molar-refractivity contribution >= 4 is 17.8 Å². The van der Waals surface area contributed by atoms with Crippen molar-refractivity contribution in [1.82, 2.24) is 20.3 Å². The van der Waals surface area contributed by atoms with E-state index in [2.05, 4.69) is 75.8 Å². The molecule has 35 heavy (non-hydrogen) atoms. The summed E-state index contributed by atoms with van der Waals surface area (Å²) in [4.78, 5) is 19.9. The zero-order valence-electron chi connectivity index (χ0n) is 24.2. The average Bonchev–Trinajstić information content (AvgIpc) is 2.77. The molecule has 2 N–H and O–H groups in total. The van der Waals surface area contributed by atoms with Crippen molar-refractivity contribution in [1.29, 1.82) is 0 Å². The fraction of sp³-hybridized carbons (Fsp3) is 0.893. The summed E-state index contributed by atoms with van der Waals surface area (Å²) >= 11 is 0. The Balaban J connectivity index is 2.42. The highest BCUT2D eigenvalue weighted by atomic mass is 15.4. The van der Waals surface area contributed by atoms with Gasteiger partial charge < -0.3 is 20.4 Å². The van der Waals surface area contributed by atoms with Gasteiger partial charge in [-0.15, -0.1) is 0 Å². The quantitative estimate of drug-likeness (QED) is 0.278. The van der Waals surface area contributed by atoms with Gasteiger partial charge in [0, 0.05) is 43.3 Å². The predicted molar refractivity (Wildman–Crippen MR) is 152 cm³/mol. The summed E-state index contributed by atoms with van der Waals surface area (Å²) in [5.74, 6) is 2.41. The van der Waals surface area contributed by atoms with Crippen LogP contribution < -0.4 is 20.4 Å². The topological polar surface area (TPSA) is 69.2 Å². The molecule has 0 bridgehead atoms. The van der Waals surface area contributed by atoms with Crippen molar-refractivity contribution < 1.29 is 0 Å². The maximum absolute atomic E-state index is 5.07. The first kappa shape index (κ1) is 29.6. The molecule has 7 nitrogen and oxygen atoms in total. The van der Waals surface area contributed by atoms with Gasteiger partial charge in [0.2, 0.25) is 17.8 Å². The molecule has 0 saturated carbocycles. The highest BCUT2D eigenvalue weighted by Crippen LogP contribution is 2.30. The summed E-state index contributed by atoms with van der Waals surface area (Å²) < 4.78 is 0. The first-order valence-corrected chi connectivity index (χ1v) is 14.4. The van der Waals surface area contributed by atoms with Crippen LogP contribution >= 0.6 is 0 Å². The predicted octanol–water partition coefficient (Wildman–Crippen LogP) is 6.41. The maximum Gasteiger partial charge on any atom is 0.231 e. The van der Waals surface area contributed by atoms with Crippen LogP contribution in [0.25, 0.3) is 0 Å². The van der Waals surface area contributed by atoms with Crippen LogP contribution in [0.2, 0.25) is 0 Å². The van der Waals surface area contributed by atoms with Crippen LogP contribution in [-0.2, 0) is 0 Å². The molecule has 0 aliphatic carbocycles. The molecule has 1 aliphatic rings. The van der Waals surface area contributed by atoms with E-state index in [0.29, 0.717) is 6.04 Å². The van der Waals surface area contributed by atoms with Gasteiger partial charge in [-0.05, 0) is 66.2 Å². The Morgan fingerprint density at radius 2 is 1.06 bits per heavy atom. The molecule has 0 atom stereocenters. The number of anilines is 3. The summed E-state index contributed by atoms with van der Waals surface area (Å²) in [7, 11) is 0. The molecule has 1 saturated heterocycles. The SMILES string of the molecule is CCCCN(CCCC)c1nc(NC2CC(C)(C)NC(C)(C)C2)nc(N(CCCC)CCCC)n1. The molecular formula is C28H55N7. The van der Waals surface area contributed by atoms with Gasteiger partial charge in [-0.1, -0.05) is 53.4 Å². The lowest BCUT2D eigenvalue weighted by atomic mass is 9.80. The molecule has 0 unspecified atom stereocenters.